The predicted molar refractivity (Wildman–Crippen MR) is 80.3 cm³/mol. The Hall–Kier alpha value is -2.21. The van der Waals surface area contributed by atoms with Gasteiger partial charge >= 0.3 is 0 Å². The van der Waals surface area contributed by atoms with Gasteiger partial charge in [0, 0.05) is 18.0 Å². The second kappa shape index (κ2) is 5.65. The summed E-state index contributed by atoms with van der Waals surface area (Å²) in [5.41, 5.74) is 3.56. The lowest BCUT2D eigenvalue weighted by Crippen LogP contribution is -2.13. The topological polar surface area (TPSA) is 75.9 Å². The highest BCUT2D eigenvalue weighted by Gasteiger charge is 2.27. The third-order valence-electron chi connectivity index (χ3n) is 3.57. The van der Waals surface area contributed by atoms with Gasteiger partial charge in [0.05, 0.1) is 0 Å². The zero-order valence-electron chi connectivity index (χ0n) is 11.8. The van der Waals surface area contributed by atoms with E-state index in [0.717, 1.165) is 30.0 Å². The van der Waals surface area contributed by atoms with Crippen LogP contribution in [0.1, 0.15) is 43.1 Å². The smallest absolute Gasteiger partial charge is 0.145 e. The number of nitrogen functional groups attached to an aromatic ring is 1. The SMILES string of the molecule is CC(Nc1cc(NN)nc(C2CC2)n1)c1ccc(F)cc1. The molecule has 1 aromatic carbocycles. The number of benzene rings is 1. The summed E-state index contributed by atoms with van der Waals surface area (Å²) in [5, 5.41) is 3.31. The molecule has 0 radical (unpaired) electrons. The molecule has 0 saturated heterocycles. The Kier molecular flexibility index (Phi) is 3.70. The minimum absolute atomic E-state index is 0.0122. The molecule has 5 nitrogen and oxygen atoms in total. The molecule has 1 unspecified atom stereocenters. The van der Waals surface area contributed by atoms with Gasteiger partial charge in [-0.1, -0.05) is 12.1 Å². The van der Waals surface area contributed by atoms with Gasteiger partial charge in [-0.3, -0.25) is 0 Å². The van der Waals surface area contributed by atoms with E-state index >= 15 is 0 Å². The second-order valence-electron chi connectivity index (χ2n) is 5.33. The Morgan fingerprint density at radius 1 is 1.19 bits per heavy atom. The van der Waals surface area contributed by atoms with Crippen LogP contribution in [0.15, 0.2) is 30.3 Å². The van der Waals surface area contributed by atoms with E-state index in [2.05, 4.69) is 20.7 Å². The van der Waals surface area contributed by atoms with Crippen molar-refractivity contribution in [1.82, 2.24) is 9.97 Å². The highest BCUT2D eigenvalue weighted by atomic mass is 19.1. The van der Waals surface area contributed by atoms with Gasteiger partial charge in [-0.15, -0.1) is 0 Å². The van der Waals surface area contributed by atoms with Gasteiger partial charge in [0.15, 0.2) is 0 Å². The Morgan fingerprint density at radius 3 is 2.48 bits per heavy atom. The molecule has 2 aromatic rings. The minimum Gasteiger partial charge on any atom is -0.363 e. The van der Waals surface area contributed by atoms with Crippen molar-refractivity contribution in [3.8, 4) is 0 Å². The van der Waals surface area contributed by atoms with Crippen molar-refractivity contribution in [1.29, 1.82) is 0 Å². The zero-order chi connectivity index (χ0) is 14.8. The molecule has 1 fully saturated rings. The molecule has 6 heteroatoms. The number of halogens is 1. The van der Waals surface area contributed by atoms with E-state index in [0.29, 0.717) is 11.7 Å². The lowest BCUT2D eigenvalue weighted by atomic mass is 10.1. The molecule has 0 bridgehead atoms. The van der Waals surface area contributed by atoms with Crippen LogP contribution >= 0.6 is 0 Å². The molecule has 21 heavy (non-hydrogen) atoms. The summed E-state index contributed by atoms with van der Waals surface area (Å²) < 4.78 is 13.0. The number of hydrogen-bond acceptors (Lipinski definition) is 5. The van der Waals surface area contributed by atoms with E-state index in [1.54, 1.807) is 18.2 Å². The summed E-state index contributed by atoms with van der Waals surface area (Å²) in [6, 6.07) is 8.21. The van der Waals surface area contributed by atoms with Gasteiger partial charge in [-0.05, 0) is 37.5 Å². The average Bonchev–Trinajstić information content (AvgIpc) is 3.32. The molecule has 1 aliphatic rings. The van der Waals surface area contributed by atoms with Crippen LogP contribution in [0.25, 0.3) is 0 Å². The van der Waals surface area contributed by atoms with E-state index in [-0.39, 0.29) is 11.9 Å². The third kappa shape index (κ3) is 3.28. The number of aromatic nitrogens is 2. The number of nitrogens with zero attached hydrogens (tertiary/aromatic N) is 2. The molecular formula is C15H18FN5. The van der Waals surface area contributed by atoms with E-state index in [1.807, 2.05) is 6.92 Å². The molecule has 1 aromatic heterocycles. The molecule has 1 heterocycles. The van der Waals surface area contributed by atoms with E-state index in [9.17, 15) is 4.39 Å². The van der Waals surface area contributed by atoms with Crippen molar-refractivity contribution in [2.75, 3.05) is 10.7 Å². The largest absolute Gasteiger partial charge is 0.363 e. The molecule has 1 aliphatic carbocycles. The van der Waals surface area contributed by atoms with Crippen molar-refractivity contribution in [3.63, 3.8) is 0 Å². The summed E-state index contributed by atoms with van der Waals surface area (Å²) in [6.07, 6.45) is 2.25. The Balaban J connectivity index is 1.79. The van der Waals surface area contributed by atoms with Gasteiger partial charge in [0.1, 0.15) is 23.3 Å². The quantitative estimate of drug-likeness (QED) is 0.582. The van der Waals surface area contributed by atoms with Crippen molar-refractivity contribution in [2.45, 2.75) is 31.7 Å². The predicted octanol–water partition coefficient (Wildman–Crippen LogP) is 2.95. The average molecular weight is 287 g/mol. The molecule has 1 saturated carbocycles. The van der Waals surface area contributed by atoms with Crippen LogP contribution in [0, 0.1) is 5.82 Å². The van der Waals surface area contributed by atoms with Crippen molar-refractivity contribution in [2.24, 2.45) is 5.84 Å². The summed E-state index contributed by atoms with van der Waals surface area (Å²) in [5.74, 6) is 7.80. The summed E-state index contributed by atoms with van der Waals surface area (Å²) in [6.45, 7) is 2.00. The first-order valence-corrected chi connectivity index (χ1v) is 7.03. The fourth-order valence-corrected chi connectivity index (χ4v) is 2.19. The fraction of sp³-hybridized carbons (Fsp3) is 0.333. The molecule has 0 aliphatic heterocycles. The first-order chi connectivity index (χ1) is 10.2. The molecule has 0 spiro atoms. The number of rotatable bonds is 5. The van der Waals surface area contributed by atoms with Crippen LogP contribution < -0.4 is 16.6 Å². The van der Waals surface area contributed by atoms with Gasteiger partial charge in [-0.2, -0.15) is 0 Å². The molecule has 4 N–H and O–H groups in total. The monoisotopic (exact) mass is 287 g/mol. The maximum absolute atomic E-state index is 13.0. The van der Waals surface area contributed by atoms with E-state index < -0.39 is 0 Å². The fourth-order valence-electron chi connectivity index (χ4n) is 2.19. The van der Waals surface area contributed by atoms with Gasteiger partial charge < -0.3 is 10.7 Å². The molecule has 1 atom stereocenters. The normalized spacial score (nSPS) is 15.6. The molecule has 3 rings (SSSR count). The van der Waals surface area contributed by atoms with Gasteiger partial charge in [0.25, 0.3) is 0 Å². The van der Waals surface area contributed by atoms with E-state index in [1.165, 1.54) is 12.1 Å². The van der Waals surface area contributed by atoms with Crippen LogP contribution in [0.2, 0.25) is 0 Å². The van der Waals surface area contributed by atoms with Gasteiger partial charge in [0.2, 0.25) is 0 Å². The van der Waals surface area contributed by atoms with Crippen molar-refractivity contribution in [3.05, 3.63) is 47.5 Å². The maximum Gasteiger partial charge on any atom is 0.145 e. The van der Waals surface area contributed by atoms with Crippen molar-refractivity contribution >= 4 is 11.6 Å². The molecular weight excluding hydrogens is 269 g/mol. The molecule has 0 amide bonds. The maximum atomic E-state index is 13.0. The van der Waals surface area contributed by atoms with Gasteiger partial charge in [-0.25, -0.2) is 20.2 Å². The number of hydrogen-bond donors (Lipinski definition) is 3. The van der Waals surface area contributed by atoms with Crippen LogP contribution in [0.3, 0.4) is 0 Å². The summed E-state index contributed by atoms with van der Waals surface area (Å²) in [7, 11) is 0. The second-order valence-corrected chi connectivity index (χ2v) is 5.33. The van der Waals surface area contributed by atoms with Crippen LogP contribution in [-0.2, 0) is 0 Å². The first-order valence-electron chi connectivity index (χ1n) is 7.03. The standard InChI is InChI=1S/C15H18FN5/c1-9(10-4-6-12(16)7-5-10)18-13-8-14(21-17)20-15(19-13)11-2-3-11/h4-9,11H,2-3,17H2,1H3,(H2,18,19,20,21). The highest BCUT2D eigenvalue weighted by Crippen LogP contribution is 2.39. The van der Waals surface area contributed by atoms with Crippen LogP contribution in [-0.4, -0.2) is 9.97 Å². The lowest BCUT2D eigenvalue weighted by molar-refractivity contribution is 0.626. The number of anilines is 2. The molecule has 110 valence electrons. The Morgan fingerprint density at radius 2 is 1.86 bits per heavy atom. The highest BCUT2D eigenvalue weighted by molar-refractivity contribution is 5.48. The first kappa shape index (κ1) is 13.8. The Labute approximate surface area is 122 Å². The summed E-state index contributed by atoms with van der Waals surface area (Å²) in [4.78, 5) is 8.90. The lowest BCUT2D eigenvalue weighted by Gasteiger charge is -2.16. The number of nitrogens with two attached hydrogens (primary N) is 1. The Bertz CT molecular complexity index is 624. The number of hydrazine groups is 1. The van der Waals surface area contributed by atoms with Crippen LogP contribution in [0.4, 0.5) is 16.0 Å². The van der Waals surface area contributed by atoms with Crippen molar-refractivity contribution < 1.29 is 4.39 Å². The zero-order valence-corrected chi connectivity index (χ0v) is 11.8. The van der Waals surface area contributed by atoms with E-state index in [4.69, 9.17) is 5.84 Å². The number of nitrogens with one attached hydrogen (secondary N) is 2. The third-order valence-corrected chi connectivity index (χ3v) is 3.57. The van der Waals surface area contributed by atoms with Crippen LogP contribution in [0.5, 0.6) is 0 Å². The minimum atomic E-state index is -0.237. The summed E-state index contributed by atoms with van der Waals surface area (Å²) >= 11 is 0.